The summed E-state index contributed by atoms with van der Waals surface area (Å²) in [7, 11) is 1.60. The SMILES string of the molecule is COc1ccc(N(C(=O)[C@@H]2CC[C@H](C(=O)O)O2)C(C)C2CC2)cc1. The van der Waals surface area contributed by atoms with Crippen LogP contribution in [0.2, 0.25) is 0 Å². The van der Waals surface area contributed by atoms with Gasteiger partial charge in [-0.3, -0.25) is 4.79 Å². The summed E-state index contributed by atoms with van der Waals surface area (Å²) in [5.74, 6) is 0.0702. The molecule has 1 aromatic carbocycles. The van der Waals surface area contributed by atoms with Crippen molar-refractivity contribution >= 4 is 17.6 Å². The van der Waals surface area contributed by atoms with Crippen molar-refractivity contribution in [2.24, 2.45) is 5.92 Å². The van der Waals surface area contributed by atoms with Crippen molar-refractivity contribution < 1.29 is 24.2 Å². The molecule has 1 saturated carbocycles. The summed E-state index contributed by atoms with van der Waals surface area (Å²) in [6.07, 6.45) is 1.48. The van der Waals surface area contributed by atoms with Gasteiger partial charge in [0.15, 0.2) is 6.10 Å². The Labute approximate surface area is 141 Å². The number of methoxy groups -OCH3 is 1. The monoisotopic (exact) mass is 333 g/mol. The lowest BCUT2D eigenvalue weighted by Gasteiger charge is -2.31. The predicted molar refractivity (Wildman–Crippen MR) is 88.2 cm³/mol. The lowest BCUT2D eigenvalue weighted by atomic mass is 10.1. The van der Waals surface area contributed by atoms with Gasteiger partial charge in [0.1, 0.15) is 11.9 Å². The number of benzene rings is 1. The zero-order chi connectivity index (χ0) is 17.3. The Kier molecular flexibility index (Phi) is 4.76. The van der Waals surface area contributed by atoms with Crippen LogP contribution in [-0.4, -0.2) is 42.3 Å². The largest absolute Gasteiger partial charge is 0.497 e. The van der Waals surface area contributed by atoms with Crippen molar-refractivity contribution in [1.82, 2.24) is 0 Å². The van der Waals surface area contributed by atoms with Crippen LogP contribution in [0, 0.1) is 5.92 Å². The zero-order valence-corrected chi connectivity index (χ0v) is 14.0. The van der Waals surface area contributed by atoms with Gasteiger partial charge in [-0.2, -0.15) is 0 Å². The molecule has 6 heteroatoms. The fourth-order valence-electron chi connectivity index (χ4n) is 3.25. The maximum atomic E-state index is 13.0. The Hall–Kier alpha value is -2.08. The van der Waals surface area contributed by atoms with Crippen LogP contribution in [0.25, 0.3) is 0 Å². The van der Waals surface area contributed by atoms with Crippen molar-refractivity contribution in [3.05, 3.63) is 24.3 Å². The smallest absolute Gasteiger partial charge is 0.332 e. The van der Waals surface area contributed by atoms with Crippen LogP contribution in [0.1, 0.15) is 32.6 Å². The van der Waals surface area contributed by atoms with Crippen molar-refractivity contribution in [3.63, 3.8) is 0 Å². The Morgan fingerprint density at radius 1 is 1.17 bits per heavy atom. The summed E-state index contributed by atoms with van der Waals surface area (Å²) in [6, 6.07) is 7.44. The van der Waals surface area contributed by atoms with Crippen LogP contribution < -0.4 is 9.64 Å². The lowest BCUT2D eigenvalue weighted by molar-refractivity contribution is -0.151. The van der Waals surface area contributed by atoms with Crippen molar-refractivity contribution in [2.75, 3.05) is 12.0 Å². The first-order valence-electron chi connectivity index (χ1n) is 8.36. The van der Waals surface area contributed by atoms with Gasteiger partial charge in [-0.1, -0.05) is 0 Å². The number of carbonyl (C=O) groups excluding carboxylic acids is 1. The molecule has 1 aromatic rings. The fourth-order valence-corrected chi connectivity index (χ4v) is 3.25. The predicted octanol–water partition coefficient (Wildman–Crippen LogP) is 2.46. The number of rotatable bonds is 6. The first-order chi connectivity index (χ1) is 11.5. The summed E-state index contributed by atoms with van der Waals surface area (Å²) in [6.45, 7) is 2.05. The number of ether oxygens (including phenoxy) is 2. The number of aliphatic carboxylic acids is 1. The number of carbonyl (C=O) groups is 2. The van der Waals surface area contributed by atoms with E-state index in [1.54, 1.807) is 12.0 Å². The van der Waals surface area contributed by atoms with Crippen LogP contribution in [0.5, 0.6) is 5.75 Å². The van der Waals surface area contributed by atoms with E-state index < -0.39 is 18.2 Å². The molecule has 0 aromatic heterocycles. The van der Waals surface area contributed by atoms with Gasteiger partial charge in [0, 0.05) is 11.7 Å². The average Bonchev–Trinajstić information content (AvgIpc) is 3.31. The molecule has 130 valence electrons. The molecule has 2 fully saturated rings. The quantitative estimate of drug-likeness (QED) is 0.865. The number of amides is 1. The molecule has 1 saturated heterocycles. The third-order valence-corrected chi connectivity index (χ3v) is 4.87. The number of nitrogens with zero attached hydrogens (tertiary/aromatic N) is 1. The molecule has 6 nitrogen and oxygen atoms in total. The van der Waals surface area contributed by atoms with E-state index in [1.165, 1.54) is 0 Å². The Morgan fingerprint density at radius 3 is 2.29 bits per heavy atom. The fraction of sp³-hybridized carbons (Fsp3) is 0.556. The number of hydrogen-bond acceptors (Lipinski definition) is 4. The first kappa shape index (κ1) is 16.8. The maximum Gasteiger partial charge on any atom is 0.332 e. The molecule has 1 N–H and O–H groups in total. The van der Waals surface area contributed by atoms with E-state index >= 15 is 0 Å². The molecular formula is C18H23NO5. The van der Waals surface area contributed by atoms with Crippen molar-refractivity contribution in [3.8, 4) is 5.75 Å². The number of carboxylic acid groups (broad SMARTS) is 1. The van der Waals surface area contributed by atoms with Crippen LogP contribution in [0.15, 0.2) is 24.3 Å². The van der Waals surface area contributed by atoms with E-state index in [4.69, 9.17) is 14.6 Å². The molecule has 0 bridgehead atoms. The highest BCUT2D eigenvalue weighted by molar-refractivity contribution is 5.97. The molecule has 1 amide bonds. The van der Waals surface area contributed by atoms with Gasteiger partial charge >= 0.3 is 5.97 Å². The normalized spacial score (nSPS) is 24.4. The molecule has 1 aliphatic heterocycles. The summed E-state index contributed by atoms with van der Waals surface area (Å²) in [5, 5.41) is 9.07. The van der Waals surface area contributed by atoms with E-state index in [0.717, 1.165) is 24.3 Å². The highest BCUT2D eigenvalue weighted by atomic mass is 16.5. The third kappa shape index (κ3) is 3.38. The summed E-state index contributed by atoms with van der Waals surface area (Å²) in [5.41, 5.74) is 0.794. The molecule has 3 atom stereocenters. The second-order valence-electron chi connectivity index (χ2n) is 6.51. The third-order valence-electron chi connectivity index (χ3n) is 4.87. The van der Waals surface area contributed by atoms with Crippen molar-refractivity contribution in [1.29, 1.82) is 0 Å². The highest BCUT2D eigenvalue weighted by Crippen LogP contribution is 2.38. The molecule has 3 rings (SSSR count). The van der Waals surface area contributed by atoms with Crippen LogP contribution in [0.3, 0.4) is 0 Å². The zero-order valence-electron chi connectivity index (χ0n) is 14.0. The summed E-state index contributed by atoms with van der Waals surface area (Å²) in [4.78, 5) is 25.9. The number of carboxylic acids is 1. The Morgan fingerprint density at radius 2 is 1.79 bits per heavy atom. The minimum Gasteiger partial charge on any atom is -0.497 e. The van der Waals surface area contributed by atoms with E-state index in [1.807, 2.05) is 31.2 Å². The molecule has 2 aliphatic rings. The molecule has 24 heavy (non-hydrogen) atoms. The van der Waals surface area contributed by atoms with Gasteiger partial charge in [-0.05, 0) is 62.8 Å². The Balaban J connectivity index is 1.81. The molecule has 1 heterocycles. The molecule has 0 spiro atoms. The van der Waals surface area contributed by atoms with Gasteiger partial charge in [0.25, 0.3) is 5.91 Å². The second kappa shape index (κ2) is 6.81. The van der Waals surface area contributed by atoms with Gasteiger partial charge in [-0.25, -0.2) is 4.79 Å². The van der Waals surface area contributed by atoms with E-state index in [0.29, 0.717) is 18.8 Å². The average molecular weight is 333 g/mol. The summed E-state index contributed by atoms with van der Waals surface area (Å²) < 4.78 is 10.6. The van der Waals surface area contributed by atoms with E-state index in [9.17, 15) is 9.59 Å². The van der Waals surface area contributed by atoms with E-state index in [2.05, 4.69) is 0 Å². The maximum absolute atomic E-state index is 13.0. The molecule has 0 radical (unpaired) electrons. The molecule has 1 unspecified atom stereocenters. The highest BCUT2D eigenvalue weighted by Gasteiger charge is 2.41. The van der Waals surface area contributed by atoms with Gasteiger partial charge < -0.3 is 19.5 Å². The van der Waals surface area contributed by atoms with Crippen LogP contribution >= 0.6 is 0 Å². The number of hydrogen-bond donors (Lipinski definition) is 1. The second-order valence-corrected chi connectivity index (χ2v) is 6.51. The van der Waals surface area contributed by atoms with Crippen LogP contribution in [0.4, 0.5) is 5.69 Å². The van der Waals surface area contributed by atoms with E-state index in [-0.39, 0.29) is 11.9 Å². The topological polar surface area (TPSA) is 76.1 Å². The van der Waals surface area contributed by atoms with Gasteiger partial charge in [-0.15, -0.1) is 0 Å². The number of anilines is 1. The van der Waals surface area contributed by atoms with Crippen molar-refractivity contribution in [2.45, 2.75) is 50.9 Å². The summed E-state index contributed by atoms with van der Waals surface area (Å²) >= 11 is 0. The molecule has 1 aliphatic carbocycles. The minimum atomic E-state index is -1.00. The van der Waals surface area contributed by atoms with Crippen LogP contribution in [-0.2, 0) is 14.3 Å². The first-order valence-corrected chi connectivity index (χ1v) is 8.36. The molecular weight excluding hydrogens is 310 g/mol. The van der Waals surface area contributed by atoms with Gasteiger partial charge in [0.2, 0.25) is 0 Å². The standard InChI is InChI=1S/C18H23NO5/c1-11(12-3-4-12)19(13-5-7-14(23-2)8-6-13)17(20)15-9-10-16(24-15)18(21)22/h5-8,11-12,15-16H,3-4,9-10H2,1-2H3,(H,21,22)/t11?,15-,16+/m0/s1. The van der Waals surface area contributed by atoms with Gasteiger partial charge in [0.05, 0.1) is 7.11 Å². The lowest BCUT2D eigenvalue weighted by Crippen LogP contribution is -2.46. The minimum absolute atomic E-state index is 0.0679. The Bertz CT molecular complexity index is 610.